The third kappa shape index (κ3) is 1.66. The summed E-state index contributed by atoms with van der Waals surface area (Å²) in [6, 6.07) is 7.13. The van der Waals surface area contributed by atoms with Crippen LogP contribution in [0.5, 0.6) is 0 Å². The molecule has 3 rings (SSSR count). The van der Waals surface area contributed by atoms with Crippen LogP contribution in [0.2, 0.25) is 0 Å². The van der Waals surface area contributed by atoms with Crippen LogP contribution in [0.15, 0.2) is 36.7 Å². The standard InChI is InChI=1S/C14H11FN2O/c1-17-13-3-2-9(4-10(13)6-14(17)18)11-5-12(15)8-16-7-11/h2-5,7-8H,6H2,1H3. The molecule has 1 amide bonds. The van der Waals surface area contributed by atoms with Crippen LogP contribution in [0.1, 0.15) is 5.56 Å². The van der Waals surface area contributed by atoms with Crippen molar-refractivity contribution in [3.63, 3.8) is 0 Å². The topological polar surface area (TPSA) is 33.2 Å². The Morgan fingerprint density at radius 1 is 1.22 bits per heavy atom. The second kappa shape index (κ2) is 3.91. The van der Waals surface area contributed by atoms with Gasteiger partial charge in [-0.2, -0.15) is 0 Å². The number of pyridine rings is 1. The first-order valence-electron chi connectivity index (χ1n) is 5.65. The number of carbonyl (C=O) groups is 1. The number of nitrogens with zero attached hydrogens (tertiary/aromatic N) is 2. The van der Waals surface area contributed by atoms with Crippen LogP contribution in [0.3, 0.4) is 0 Å². The van der Waals surface area contributed by atoms with Gasteiger partial charge in [-0.1, -0.05) is 6.07 Å². The lowest BCUT2D eigenvalue weighted by molar-refractivity contribution is -0.117. The summed E-state index contributed by atoms with van der Waals surface area (Å²) in [5, 5.41) is 0. The molecule has 0 fully saturated rings. The third-order valence-electron chi connectivity index (χ3n) is 3.19. The van der Waals surface area contributed by atoms with Crippen molar-refractivity contribution in [3.8, 4) is 11.1 Å². The highest BCUT2D eigenvalue weighted by Crippen LogP contribution is 2.31. The number of fused-ring (bicyclic) bond motifs is 1. The number of likely N-dealkylation sites (N-methyl/N-ethyl adjacent to an activating group) is 1. The molecule has 0 bridgehead atoms. The molecule has 4 heteroatoms. The summed E-state index contributed by atoms with van der Waals surface area (Å²) >= 11 is 0. The van der Waals surface area contributed by atoms with Crippen LogP contribution < -0.4 is 4.90 Å². The van der Waals surface area contributed by atoms with E-state index in [1.165, 1.54) is 12.3 Å². The number of benzene rings is 1. The molecule has 2 heterocycles. The van der Waals surface area contributed by atoms with Crippen molar-refractivity contribution in [2.45, 2.75) is 6.42 Å². The summed E-state index contributed by atoms with van der Waals surface area (Å²) < 4.78 is 13.1. The molecule has 90 valence electrons. The maximum atomic E-state index is 13.1. The number of carbonyl (C=O) groups excluding carboxylic acids is 1. The van der Waals surface area contributed by atoms with Crippen LogP contribution in [0.4, 0.5) is 10.1 Å². The molecule has 0 N–H and O–H groups in total. The zero-order valence-electron chi connectivity index (χ0n) is 9.85. The Bertz CT molecular complexity index is 639. The zero-order chi connectivity index (χ0) is 12.7. The molecule has 1 aromatic heterocycles. The van der Waals surface area contributed by atoms with E-state index in [-0.39, 0.29) is 11.7 Å². The van der Waals surface area contributed by atoms with Gasteiger partial charge in [-0.25, -0.2) is 4.39 Å². The van der Waals surface area contributed by atoms with Gasteiger partial charge in [0, 0.05) is 24.5 Å². The van der Waals surface area contributed by atoms with Crippen molar-refractivity contribution >= 4 is 11.6 Å². The van der Waals surface area contributed by atoms with E-state index in [4.69, 9.17) is 0 Å². The maximum absolute atomic E-state index is 13.1. The van der Waals surface area contributed by atoms with Crippen molar-refractivity contribution in [1.82, 2.24) is 4.98 Å². The molecule has 1 aliphatic rings. The number of halogens is 1. The summed E-state index contributed by atoms with van der Waals surface area (Å²) in [6.45, 7) is 0. The highest BCUT2D eigenvalue weighted by Gasteiger charge is 2.23. The van der Waals surface area contributed by atoms with Gasteiger partial charge in [0.2, 0.25) is 5.91 Å². The molecule has 0 radical (unpaired) electrons. The molecule has 3 nitrogen and oxygen atoms in total. The Morgan fingerprint density at radius 2 is 2.06 bits per heavy atom. The SMILES string of the molecule is CN1C(=O)Cc2cc(-c3cncc(F)c3)ccc21. The van der Waals surface area contributed by atoms with E-state index in [0.717, 1.165) is 22.4 Å². The predicted octanol–water partition coefficient (Wildman–Crippen LogP) is 2.41. The normalized spacial score (nSPS) is 13.9. The van der Waals surface area contributed by atoms with Crippen LogP contribution in [-0.4, -0.2) is 17.9 Å². The van der Waals surface area contributed by atoms with Gasteiger partial charge < -0.3 is 4.90 Å². The van der Waals surface area contributed by atoms with Crippen LogP contribution in [0.25, 0.3) is 11.1 Å². The second-order valence-electron chi connectivity index (χ2n) is 4.36. The molecule has 18 heavy (non-hydrogen) atoms. The Hall–Kier alpha value is -2.23. The van der Waals surface area contributed by atoms with E-state index in [2.05, 4.69) is 4.98 Å². The van der Waals surface area contributed by atoms with Crippen LogP contribution >= 0.6 is 0 Å². The van der Waals surface area contributed by atoms with Gasteiger partial charge in [-0.05, 0) is 29.3 Å². The fraction of sp³-hybridized carbons (Fsp3) is 0.143. The zero-order valence-corrected chi connectivity index (χ0v) is 9.85. The number of hydrogen-bond acceptors (Lipinski definition) is 2. The van der Waals surface area contributed by atoms with Crippen LogP contribution in [0, 0.1) is 5.82 Å². The van der Waals surface area contributed by atoms with E-state index >= 15 is 0 Å². The van der Waals surface area contributed by atoms with Gasteiger partial charge in [-0.15, -0.1) is 0 Å². The van der Waals surface area contributed by atoms with Crippen molar-refractivity contribution < 1.29 is 9.18 Å². The van der Waals surface area contributed by atoms with Gasteiger partial charge >= 0.3 is 0 Å². The average Bonchev–Trinajstić information content (AvgIpc) is 2.65. The lowest BCUT2D eigenvalue weighted by Gasteiger charge is -2.10. The average molecular weight is 242 g/mol. The lowest BCUT2D eigenvalue weighted by atomic mass is 10.0. The molecule has 0 saturated carbocycles. The monoisotopic (exact) mass is 242 g/mol. The predicted molar refractivity (Wildman–Crippen MR) is 66.7 cm³/mol. The maximum Gasteiger partial charge on any atom is 0.231 e. The van der Waals surface area contributed by atoms with Gasteiger partial charge in [-0.3, -0.25) is 9.78 Å². The fourth-order valence-corrected chi connectivity index (χ4v) is 2.22. The smallest absolute Gasteiger partial charge is 0.231 e. The summed E-state index contributed by atoms with van der Waals surface area (Å²) in [5.74, 6) is -0.277. The number of rotatable bonds is 1. The largest absolute Gasteiger partial charge is 0.315 e. The highest BCUT2D eigenvalue weighted by atomic mass is 19.1. The van der Waals surface area contributed by atoms with Gasteiger partial charge in [0.1, 0.15) is 5.82 Å². The van der Waals surface area contributed by atoms with Crippen molar-refractivity contribution in [1.29, 1.82) is 0 Å². The van der Waals surface area contributed by atoms with Crippen molar-refractivity contribution in [2.24, 2.45) is 0 Å². The van der Waals surface area contributed by atoms with Crippen molar-refractivity contribution in [2.75, 3.05) is 11.9 Å². The van der Waals surface area contributed by atoms with Gasteiger partial charge in [0.15, 0.2) is 0 Å². The Morgan fingerprint density at radius 3 is 2.83 bits per heavy atom. The summed E-state index contributed by atoms with van der Waals surface area (Å²) in [5.41, 5.74) is 3.50. The molecule has 2 aromatic rings. The minimum Gasteiger partial charge on any atom is -0.315 e. The van der Waals surface area contributed by atoms with Crippen LogP contribution in [-0.2, 0) is 11.2 Å². The van der Waals surface area contributed by atoms with E-state index in [9.17, 15) is 9.18 Å². The first-order valence-corrected chi connectivity index (χ1v) is 5.65. The molecular weight excluding hydrogens is 231 g/mol. The third-order valence-corrected chi connectivity index (χ3v) is 3.19. The molecule has 0 unspecified atom stereocenters. The molecule has 1 aliphatic heterocycles. The first-order chi connectivity index (χ1) is 8.65. The molecule has 0 spiro atoms. The Balaban J connectivity index is 2.07. The van der Waals surface area contributed by atoms with E-state index in [1.807, 2.05) is 18.2 Å². The Labute approximate surface area is 104 Å². The molecule has 0 aliphatic carbocycles. The summed E-state index contributed by atoms with van der Waals surface area (Å²) in [6.07, 6.45) is 3.20. The molecular formula is C14H11FN2O. The highest BCUT2D eigenvalue weighted by molar-refractivity contribution is 6.01. The van der Waals surface area contributed by atoms with E-state index in [0.29, 0.717) is 6.42 Å². The Kier molecular flexibility index (Phi) is 2.37. The molecule has 0 saturated heterocycles. The second-order valence-corrected chi connectivity index (χ2v) is 4.36. The minimum absolute atomic E-state index is 0.0829. The van der Waals surface area contributed by atoms with E-state index < -0.39 is 0 Å². The van der Waals surface area contributed by atoms with E-state index in [1.54, 1.807) is 18.1 Å². The molecule has 0 atom stereocenters. The van der Waals surface area contributed by atoms with Crippen molar-refractivity contribution in [3.05, 3.63) is 48.0 Å². The van der Waals surface area contributed by atoms with Gasteiger partial charge in [0.05, 0.1) is 12.6 Å². The number of anilines is 1. The summed E-state index contributed by atoms with van der Waals surface area (Å²) in [7, 11) is 1.76. The summed E-state index contributed by atoms with van der Waals surface area (Å²) in [4.78, 5) is 17.1. The quantitative estimate of drug-likeness (QED) is 0.769. The first kappa shape index (κ1) is 10.9. The number of amides is 1. The lowest BCUT2D eigenvalue weighted by Crippen LogP contribution is -2.20. The fourth-order valence-electron chi connectivity index (χ4n) is 2.22. The number of hydrogen-bond donors (Lipinski definition) is 0. The van der Waals surface area contributed by atoms with Gasteiger partial charge in [0.25, 0.3) is 0 Å². The minimum atomic E-state index is -0.360. The molecule has 1 aromatic carbocycles. The number of aromatic nitrogens is 1.